The number of carbonyl (C=O) groups is 2. The first-order valence-corrected chi connectivity index (χ1v) is 18.0. The van der Waals surface area contributed by atoms with Crippen molar-refractivity contribution >= 4 is 50.7 Å². The highest BCUT2D eigenvalue weighted by Crippen LogP contribution is 2.34. The molecule has 0 unspecified atom stereocenters. The Labute approximate surface area is 298 Å². The van der Waals surface area contributed by atoms with Gasteiger partial charge in [0.25, 0.3) is 10.0 Å². The van der Waals surface area contributed by atoms with Crippen LogP contribution in [0.3, 0.4) is 0 Å². The van der Waals surface area contributed by atoms with Gasteiger partial charge in [0.1, 0.15) is 12.6 Å². The number of carbonyl (C=O) groups excluding carboxylic acids is 2. The topological polar surface area (TPSA) is 105 Å². The molecular weight excluding hydrogens is 685 g/mol. The molecule has 9 nitrogen and oxygen atoms in total. The fourth-order valence-electron chi connectivity index (χ4n) is 5.17. The van der Waals surface area contributed by atoms with Crippen molar-refractivity contribution in [2.24, 2.45) is 0 Å². The highest BCUT2D eigenvalue weighted by Gasteiger charge is 2.35. The quantitative estimate of drug-likeness (QED) is 0.141. The predicted octanol–water partition coefficient (Wildman–Crippen LogP) is 7.07. The third-order valence-corrected chi connectivity index (χ3v) is 10.5. The molecule has 0 saturated heterocycles. The van der Waals surface area contributed by atoms with Crippen LogP contribution in [0.1, 0.15) is 37.0 Å². The number of anilines is 1. The van der Waals surface area contributed by atoms with Crippen LogP contribution in [0.2, 0.25) is 10.0 Å². The number of ether oxygens (including phenoxy) is 2. The summed E-state index contributed by atoms with van der Waals surface area (Å²) in [5.74, 6) is -0.349. The van der Waals surface area contributed by atoms with E-state index in [1.54, 1.807) is 36.4 Å². The molecule has 2 atom stereocenters. The maximum Gasteiger partial charge on any atom is 0.264 e. The van der Waals surface area contributed by atoms with E-state index in [1.165, 1.54) is 43.4 Å². The van der Waals surface area contributed by atoms with Crippen LogP contribution in [0, 0.1) is 6.92 Å². The Balaban J connectivity index is 1.87. The van der Waals surface area contributed by atoms with E-state index in [0.29, 0.717) is 27.8 Å². The lowest BCUT2D eigenvalue weighted by molar-refractivity contribution is -0.140. The van der Waals surface area contributed by atoms with Crippen molar-refractivity contribution in [3.05, 3.63) is 118 Å². The molecule has 4 aromatic rings. The number of aryl methyl sites for hydroxylation is 1. The van der Waals surface area contributed by atoms with Crippen LogP contribution in [-0.2, 0) is 32.6 Å². The van der Waals surface area contributed by atoms with Crippen LogP contribution in [0.15, 0.2) is 95.9 Å². The van der Waals surface area contributed by atoms with Gasteiger partial charge in [-0.05, 0) is 67.8 Å². The minimum atomic E-state index is -4.31. The van der Waals surface area contributed by atoms with Gasteiger partial charge in [-0.3, -0.25) is 13.9 Å². The second-order valence-electron chi connectivity index (χ2n) is 11.6. The lowest BCUT2D eigenvalue weighted by Crippen LogP contribution is -2.54. The molecule has 0 aliphatic heterocycles. The second-order valence-corrected chi connectivity index (χ2v) is 14.4. The first-order valence-electron chi connectivity index (χ1n) is 15.8. The molecule has 2 amide bonds. The first-order chi connectivity index (χ1) is 23.4. The van der Waals surface area contributed by atoms with E-state index >= 15 is 0 Å². The Bertz CT molecular complexity index is 1860. The van der Waals surface area contributed by atoms with Gasteiger partial charge < -0.3 is 19.7 Å². The number of amides is 2. The summed E-state index contributed by atoms with van der Waals surface area (Å²) >= 11 is 12.8. The molecule has 4 aromatic carbocycles. The first kappa shape index (κ1) is 37.6. The van der Waals surface area contributed by atoms with Crippen LogP contribution < -0.4 is 19.1 Å². The zero-order valence-corrected chi connectivity index (χ0v) is 30.5. The summed E-state index contributed by atoms with van der Waals surface area (Å²) in [4.78, 5) is 30.1. The predicted molar refractivity (Wildman–Crippen MR) is 194 cm³/mol. The molecule has 0 saturated carbocycles. The summed E-state index contributed by atoms with van der Waals surface area (Å²) in [6.45, 7) is 4.95. The van der Waals surface area contributed by atoms with E-state index < -0.39 is 28.5 Å². The number of methoxy groups -OCH3 is 2. The van der Waals surface area contributed by atoms with E-state index in [4.69, 9.17) is 32.7 Å². The van der Waals surface area contributed by atoms with E-state index in [0.717, 1.165) is 15.4 Å². The third kappa shape index (κ3) is 9.47. The van der Waals surface area contributed by atoms with E-state index in [9.17, 15) is 18.0 Å². The van der Waals surface area contributed by atoms with Crippen LogP contribution in [-0.4, -0.2) is 58.0 Å². The van der Waals surface area contributed by atoms with Crippen molar-refractivity contribution in [3.8, 4) is 11.5 Å². The Morgan fingerprint density at radius 1 is 0.878 bits per heavy atom. The number of halogens is 2. The van der Waals surface area contributed by atoms with E-state index in [1.807, 2.05) is 51.1 Å². The summed E-state index contributed by atoms with van der Waals surface area (Å²) in [5, 5.41) is 3.73. The maximum atomic E-state index is 14.7. The fraction of sp³-hybridized carbons (Fsp3) is 0.297. The molecular formula is C37H41Cl2N3O6S. The molecule has 0 spiro atoms. The van der Waals surface area contributed by atoms with Gasteiger partial charge in [-0.1, -0.05) is 84.2 Å². The monoisotopic (exact) mass is 725 g/mol. The highest BCUT2D eigenvalue weighted by molar-refractivity contribution is 7.92. The fourth-order valence-corrected chi connectivity index (χ4v) is 7.05. The summed E-state index contributed by atoms with van der Waals surface area (Å²) in [7, 11) is -1.40. The van der Waals surface area contributed by atoms with Crippen molar-refractivity contribution in [3.63, 3.8) is 0 Å². The second kappa shape index (κ2) is 16.9. The van der Waals surface area contributed by atoms with Crippen molar-refractivity contribution < 1.29 is 27.5 Å². The Hall–Kier alpha value is -4.25. The minimum Gasteiger partial charge on any atom is -0.493 e. The molecule has 49 heavy (non-hydrogen) atoms. The average Bonchev–Trinajstić information content (AvgIpc) is 3.09. The molecule has 12 heteroatoms. The van der Waals surface area contributed by atoms with Gasteiger partial charge in [-0.15, -0.1) is 0 Å². The van der Waals surface area contributed by atoms with Gasteiger partial charge in [-0.2, -0.15) is 0 Å². The molecule has 0 fully saturated rings. The van der Waals surface area contributed by atoms with Crippen molar-refractivity contribution in [2.45, 2.75) is 57.1 Å². The molecule has 0 aliphatic rings. The van der Waals surface area contributed by atoms with Gasteiger partial charge in [0.15, 0.2) is 11.5 Å². The number of sulfonamides is 1. The zero-order valence-electron chi connectivity index (χ0n) is 28.2. The van der Waals surface area contributed by atoms with Gasteiger partial charge in [0.2, 0.25) is 11.8 Å². The Morgan fingerprint density at radius 3 is 2.16 bits per heavy atom. The summed E-state index contributed by atoms with van der Waals surface area (Å²) in [6, 6.07) is 24.0. The Kier molecular flexibility index (Phi) is 13.0. The van der Waals surface area contributed by atoms with Crippen molar-refractivity contribution in [2.75, 3.05) is 25.1 Å². The van der Waals surface area contributed by atoms with Crippen LogP contribution >= 0.6 is 23.2 Å². The van der Waals surface area contributed by atoms with Crippen molar-refractivity contribution in [1.82, 2.24) is 10.2 Å². The standard InChI is InChI=1S/C37H41Cl2N3O6S/c1-6-26(3)40-37(44)33(20-27-10-8-7-9-11-27)41(23-28-14-15-29(38)21-32(28)39)36(43)24-42(30-16-19-34(47-4)35(22-30)48-5)49(45,46)31-17-12-25(2)13-18-31/h7-19,21-22,26,33H,6,20,23-24H2,1-5H3,(H,40,44)/t26-,33+/m1/s1. The number of hydrogen-bond donors (Lipinski definition) is 1. The van der Waals surface area contributed by atoms with Gasteiger partial charge >= 0.3 is 0 Å². The molecule has 0 bridgehead atoms. The number of benzene rings is 4. The van der Waals surface area contributed by atoms with Crippen molar-refractivity contribution in [1.29, 1.82) is 0 Å². The molecule has 0 heterocycles. The minimum absolute atomic E-state index is 0.0108. The smallest absolute Gasteiger partial charge is 0.264 e. The molecule has 260 valence electrons. The summed E-state index contributed by atoms with van der Waals surface area (Å²) < 4.78 is 40.6. The number of hydrogen-bond acceptors (Lipinski definition) is 6. The number of nitrogens with one attached hydrogen (secondary N) is 1. The summed E-state index contributed by atoms with van der Waals surface area (Å²) in [5.41, 5.74) is 2.39. The molecule has 0 aliphatic carbocycles. The lowest BCUT2D eigenvalue weighted by atomic mass is 10.0. The molecule has 4 rings (SSSR count). The number of rotatable bonds is 15. The SMILES string of the molecule is CC[C@@H](C)NC(=O)[C@H](Cc1ccccc1)N(Cc1ccc(Cl)cc1Cl)C(=O)CN(c1ccc(OC)c(OC)c1)S(=O)(=O)c1ccc(C)cc1. The molecule has 0 radical (unpaired) electrons. The largest absolute Gasteiger partial charge is 0.493 e. The average molecular weight is 727 g/mol. The van der Waals surface area contributed by atoms with Gasteiger partial charge in [0, 0.05) is 35.1 Å². The molecule has 0 aromatic heterocycles. The normalized spacial score (nSPS) is 12.5. The Morgan fingerprint density at radius 2 is 1.55 bits per heavy atom. The third-order valence-electron chi connectivity index (χ3n) is 8.17. The molecule has 1 N–H and O–H groups in total. The summed E-state index contributed by atoms with van der Waals surface area (Å²) in [6.07, 6.45) is 0.837. The van der Waals surface area contributed by atoms with Crippen LogP contribution in [0.25, 0.3) is 0 Å². The van der Waals surface area contributed by atoms with E-state index in [-0.39, 0.29) is 41.2 Å². The zero-order chi connectivity index (χ0) is 35.7. The van der Waals surface area contributed by atoms with Gasteiger partial charge in [-0.25, -0.2) is 8.42 Å². The van der Waals surface area contributed by atoms with Crippen LogP contribution in [0.5, 0.6) is 11.5 Å². The van der Waals surface area contributed by atoms with Gasteiger partial charge in [0.05, 0.1) is 24.8 Å². The lowest BCUT2D eigenvalue weighted by Gasteiger charge is -2.34. The highest BCUT2D eigenvalue weighted by atomic mass is 35.5. The van der Waals surface area contributed by atoms with E-state index in [2.05, 4.69) is 5.32 Å². The van der Waals surface area contributed by atoms with Crippen LogP contribution in [0.4, 0.5) is 5.69 Å². The number of nitrogens with zero attached hydrogens (tertiary/aromatic N) is 2. The maximum absolute atomic E-state index is 14.7.